The maximum atomic E-state index is 13.4. The third-order valence-corrected chi connectivity index (χ3v) is 6.54. The molecule has 0 atom stereocenters. The van der Waals surface area contributed by atoms with Crippen molar-refractivity contribution >= 4 is 17.5 Å². The van der Waals surface area contributed by atoms with Gasteiger partial charge in [-0.3, -0.25) is 9.59 Å². The summed E-state index contributed by atoms with van der Waals surface area (Å²) in [6.45, 7) is 0.104. The summed E-state index contributed by atoms with van der Waals surface area (Å²) in [6.07, 6.45) is -4.49. The summed E-state index contributed by atoms with van der Waals surface area (Å²) >= 11 is 0. The van der Waals surface area contributed by atoms with Crippen LogP contribution >= 0.6 is 0 Å². The van der Waals surface area contributed by atoms with E-state index >= 15 is 0 Å². The van der Waals surface area contributed by atoms with E-state index in [4.69, 9.17) is 9.47 Å². The minimum atomic E-state index is -4.45. The van der Waals surface area contributed by atoms with Crippen LogP contribution in [0.1, 0.15) is 35.8 Å². The number of hydrogen-bond donors (Lipinski definition) is 2. The van der Waals surface area contributed by atoms with Crippen LogP contribution in [0.4, 0.5) is 18.9 Å². The van der Waals surface area contributed by atoms with Gasteiger partial charge in [0, 0.05) is 19.7 Å². The standard InChI is InChI=1S/C27H23F3N2O4.H2/c1-31-24(33)18-4-2-3-16(11-18)17-5-6-19(14-27(28,29)30)21(12-17)32-25(34)26(9-10-26)20-7-8-22-23(13-20)36-15-35-22;/h2-8,11-13H,9-10,14-15H2,1H3,(H,31,33)(H,32,34);1H. The number of amides is 2. The zero-order valence-electron chi connectivity index (χ0n) is 19.4. The van der Waals surface area contributed by atoms with Crippen molar-refractivity contribution in [1.82, 2.24) is 5.32 Å². The molecule has 1 heterocycles. The van der Waals surface area contributed by atoms with Crippen molar-refractivity contribution in [3.63, 3.8) is 0 Å². The fraction of sp³-hybridized carbons (Fsp3) is 0.259. The Kier molecular flexibility index (Phi) is 5.86. The van der Waals surface area contributed by atoms with Gasteiger partial charge in [0.1, 0.15) is 0 Å². The van der Waals surface area contributed by atoms with Gasteiger partial charge in [-0.25, -0.2) is 0 Å². The molecule has 0 aromatic heterocycles. The zero-order chi connectivity index (χ0) is 25.5. The Hall–Kier alpha value is -4.01. The van der Waals surface area contributed by atoms with Crippen molar-refractivity contribution in [1.29, 1.82) is 0 Å². The first-order chi connectivity index (χ1) is 17.2. The Bertz CT molecular complexity index is 1360. The van der Waals surface area contributed by atoms with Gasteiger partial charge in [0.25, 0.3) is 5.91 Å². The maximum Gasteiger partial charge on any atom is 0.393 e. The Morgan fingerprint density at radius 1 is 0.972 bits per heavy atom. The molecule has 0 radical (unpaired) electrons. The SMILES string of the molecule is CNC(=O)c1cccc(-c2ccc(CC(F)(F)F)c(NC(=O)C3(c4ccc5c(c4)OCO5)CC3)c2)c1.[HH]. The van der Waals surface area contributed by atoms with Crippen molar-refractivity contribution in [2.24, 2.45) is 0 Å². The predicted molar refractivity (Wildman–Crippen MR) is 129 cm³/mol. The third-order valence-electron chi connectivity index (χ3n) is 6.54. The number of halogens is 3. The van der Waals surface area contributed by atoms with Crippen molar-refractivity contribution in [3.05, 3.63) is 77.4 Å². The average molecular weight is 499 g/mol. The van der Waals surface area contributed by atoms with Gasteiger partial charge < -0.3 is 20.1 Å². The number of alkyl halides is 3. The highest BCUT2D eigenvalue weighted by Crippen LogP contribution is 2.51. The van der Waals surface area contributed by atoms with Crippen LogP contribution in [-0.4, -0.2) is 31.8 Å². The molecule has 1 aliphatic carbocycles. The largest absolute Gasteiger partial charge is 0.454 e. The second-order valence-corrected chi connectivity index (χ2v) is 8.93. The zero-order valence-corrected chi connectivity index (χ0v) is 19.4. The van der Waals surface area contributed by atoms with E-state index in [-0.39, 0.29) is 31.3 Å². The average Bonchev–Trinajstić information content (AvgIpc) is 3.54. The Morgan fingerprint density at radius 3 is 2.44 bits per heavy atom. The summed E-state index contributed by atoms with van der Waals surface area (Å²) in [6, 6.07) is 16.5. The maximum absolute atomic E-state index is 13.4. The van der Waals surface area contributed by atoms with E-state index in [1.54, 1.807) is 48.5 Å². The number of carbonyl (C=O) groups is 2. The lowest BCUT2D eigenvalue weighted by atomic mass is 9.93. The summed E-state index contributed by atoms with van der Waals surface area (Å²) in [4.78, 5) is 25.5. The number of fused-ring (bicyclic) bond motifs is 1. The molecule has 6 nitrogen and oxygen atoms in total. The monoisotopic (exact) mass is 498 g/mol. The van der Waals surface area contributed by atoms with Crippen molar-refractivity contribution in [2.45, 2.75) is 30.9 Å². The molecule has 0 saturated heterocycles. The normalized spacial score (nSPS) is 15.3. The molecule has 5 rings (SSSR count). The van der Waals surface area contributed by atoms with Crippen LogP contribution in [0.5, 0.6) is 11.5 Å². The Labute approximate surface area is 206 Å². The molecule has 9 heteroatoms. The molecule has 0 spiro atoms. The molecule has 1 aliphatic heterocycles. The highest BCUT2D eigenvalue weighted by atomic mass is 19.4. The fourth-order valence-electron chi connectivity index (χ4n) is 4.43. The number of nitrogens with one attached hydrogen (secondary N) is 2. The molecule has 2 aliphatic rings. The summed E-state index contributed by atoms with van der Waals surface area (Å²) in [5.74, 6) is 0.482. The van der Waals surface area contributed by atoms with Crippen LogP contribution in [0.25, 0.3) is 11.1 Å². The molecule has 3 aromatic rings. The first kappa shape index (κ1) is 23.7. The van der Waals surface area contributed by atoms with Crippen molar-refractivity contribution in [2.75, 3.05) is 19.2 Å². The van der Waals surface area contributed by atoms with E-state index in [1.807, 2.05) is 0 Å². The smallest absolute Gasteiger partial charge is 0.393 e. The lowest BCUT2D eigenvalue weighted by Gasteiger charge is -2.19. The molecule has 36 heavy (non-hydrogen) atoms. The first-order valence-corrected chi connectivity index (χ1v) is 11.4. The second kappa shape index (κ2) is 8.89. The summed E-state index contributed by atoms with van der Waals surface area (Å²) in [5.41, 5.74) is 1.58. The summed E-state index contributed by atoms with van der Waals surface area (Å²) in [7, 11) is 1.52. The van der Waals surface area contributed by atoms with E-state index < -0.39 is 18.0 Å². The molecule has 1 saturated carbocycles. The van der Waals surface area contributed by atoms with Gasteiger partial charge in [-0.05, 0) is 65.4 Å². The Balaban J connectivity index is 0.00000320. The topological polar surface area (TPSA) is 76.7 Å². The van der Waals surface area contributed by atoms with E-state index in [1.165, 1.54) is 19.2 Å². The molecule has 0 bridgehead atoms. The second-order valence-electron chi connectivity index (χ2n) is 8.93. The van der Waals surface area contributed by atoms with Crippen molar-refractivity contribution in [3.8, 4) is 22.6 Å². The number of hydrogen-bond acceptors (Lipinski definition) is 4. The molecule has 2 amide bonds. The number of ether oxygens (including phenoxy) is 2. The summed E-state index contributed by atoms with van der Waals surface area (Å²) in [5, 5.41) is 5.32. The molecular weight excluding hydrogens is 473 g/mol. The minimum absolute atomic E-state index is 0. The van der Waals surface area contributed by atoms with Crippen LogP contribution in [0.2, 0.25) is 0 Å². The molecule has 3 aromatic carbocycles. The lowest BCUT2D eigenvalue weighted by Crippen LogP contribution is -2.28. The van der Waals surface area contributed by atoms with E-state index in [0.717, 1.165) is 5.56 Å². The van der Waals surface area contributed by atoms with E-state index in [9.17, 15) is 22.8 Å². The van der Waals surface area contributed by atoms with Gasteiger partial charge in [-0.2, -0.15) is 13.2 Å². The van der Waals surface area contributed by atoms with Gasteiger partial charge >= 0.3 is 6.18 Å². The number of benzene rings is 3. The van der Waals surface area contributed by atoms with E-state index in [2.05, 4.69) is 10.6 Å². The van der Waals surface area contributed by atoms with Crippen LogP contribution in [0, 0.1) is 0 Å². The van der Waals surface area contributed by atoms with Crippen LogP contribution in [-0.2, 0) is 16.6 Å². The van der Waals surface area contributed by atoms with E-state index in [0.29, 0.717) is 41.0 Å². The molecule has 0 unspecified atom stereocenters. The lowest BCUT2D eigenvalue weighted by molar-refractivity contribution is -0.127. The van der Waals surface area contributed by atoms with Crippen LogP contribution in [0.15, 0.2) is 60.7 Å². The highest BCUT2D eigenvalue weighted by molar-refractivity contribution is 6.02. The van der Waals surface area contributed by atoms with Gasteiger partial charge in [-0.15, -0.1) is 0 Å². The highest BCUT2D eigenvalue weighted by Gasteiger charge is 2.52. The third kappa shape index (κ3) is 4.60. The van der Waals surface area contributed by atoms with Gasteiger partial charge in [-0.1, -0.05) is 30.3 Å². The quantitative estimate of drug-likeness (QED) is 0.473. The molecule has 188 valence electrons. The Morgan fingerprint density at radius 2 is 1.72 bits per heavy atom. The molecule has 1 fully saturated rings. The molecular formula is C27H25F3N2O4. The first-order valence-electron chi connectivity index (χ1n) is 11.4. The predicted octanol–water partition coefficient (Wildman–Crippen LogP) is 5.46. The number of rotatable bonds is 6. The minimum Gasteiger partial charge on any atom is -0.454 e. The fourth-order valence-corrected chi connectivity index (χ4v) is 4.43. The van der Waals surface area contributed by atoms with Gasteiger partial charge in [0.2, 0.25) is 12.7 Å². The van der Waals surface area contributed by atoms with Gasteiger partial charge in [0.15, 0.2) is 11.5 Å². The number of carbonyl (C=O) groups excluding carboxylic acids is 2. The van der Waals surface area contributed by atoms with Crippen molar-refractivity contribution < 1.29 is 33.7 Å². The number of anilines is 1. The van der Waals surface area contributed by atoms with Crippen LogP contribution < -0.4 is 20.1 Å². The van der Waals surface area contributed by atoms with Gasteiger partial charge in [0.05, 0.1) is 11.8 Å². The molecule has 2 N–H and O–H groups in total. The van der Waals surface area contributed by atoms with Crippen LogP contribution in [0.3, 0.4) is 0 Å². The summed E-state index contributed by atoms with van der Waals surface area (Å²) < 4.78 is 50.7.